The molecule has 3 nitrogen and oxygen atoms in total. The lowest BCUT2D eigenvalue weighted by molar-refractivity contribution is 0.178. The molecule has 0 aliphatic carbocycles. The molecule has 0 spiro atoms. The van der Waals surface area contributed by atoms with Gasteiger partial charge >= 0.3 is 0 Å². The maximum Gasteiger partial charge on any atom is 0.137 e. The summed E-state index contributed by atoms with van der Waals surface area (Å²) < 4.78 is 8.71. The van der Waals surface area contributed by atoms with Gasteiger partial charge in [0.25, 0.3) is 0 Å². The van der Waals surface area contributed by atoms with Gasteiger partial charge < -0.3 is 4.74 Å². The second-order valence-electron chi connectivity index (χ2n) is 3.37. The molecule has 0 bridgehead atoms. The number of hydrogen-bond acceptors (Lipinski definition) is 4. The molecule has 0 aromatic rings. The maximum absolute atomic E-state index is 5.45. The average molecular weight is 204 g/mol. The summed E-state index contributed by atoms with van der Waals surface area (Å²) in [6.07, 6.45) is 4.09. The van der Waals surface area contributed by atoms with Gasteiger partial charge in [-0.05, 0) is 19.6 Å². The second kappa shape index (κ2) is 5.86. The van der Waals surface area contributed by atoms with E-state index in [0.29, 0.717) is 12.3 Å². The Morgan fingerprint density at radius 3 is 2.62 bits per heavy atom. The maximum atomic E-state index is 5.45. The van der Waals surface area contributed by atoms with Crippen molar-refractivity contribution in [2.45, 2.75) is 32.6 Å². The summed E-state index contributed by atoms with van der Waals surface area (Å²) in [5.41, 5.74) is 0. The van der Waals surface area contributed by atoms with Gasteiger partial charge in [0.2, 0.25) is 0 Å². The quantitative estimate of drug-likeness (QED) is 0.384. The molecular weight excluding hydrogens is 184 g/mol. The molecule has 0 aromatic carbocycles. The third-order valence-corrected chi connectivity index (χ3v) is 2.69. The average Bonchev–Trinajstić information content (AvgIpc) is 2.82. The highest BCUT2D eigenvalue weighted by Gasteiger charge is 2.38. The fraction of sp³-hybridized carbons (Fsp3) is 1.00. The summed E-state index contributed by atoms with van der Waals surface area (Å²) in [5.74, 6) is 0. The van der Waals surface area contributed by atoms with Crippen LogP contribution in [0.25, 0.3) is 0 Å². The molecule has 1 saturated heterocycles. The minimum Gasteiger partial charge on any atom is -0.353 e. The SMILES string of the molecule is CCCN(CCNSC)C1OC1C. The van der Waals surface area contributed by atoms with Crippen LogP contribution in [0.15, 0.2) is 0 Å². The first-order chi connectivity index (χ1) is 6.29. The van der Waals surface area contributed by atoms with Crippen molar-refractivity contribution in [3.8, 4) is 0 Å². The van der Waals surface area contributed by atoms with E-state index in [1.165, 1.54) is 6.42 Å². The zero-order chi connectivity index (χ0) is 9.68. The molecule has 1 fully saturated rings. The summed E-state index contributed by atoms with van der Waals surface area (Å²) in [4.78, 5) is 2.41. The van der Waals surface area contributed by atoms with E-state index in [2.05, 4.69) is 29.7 Å². The van der Waals surface area contributed by atoms with Crippen LogP contribution in [0, 0.1) is 0 Å². The van der Waals surface area contributed by atoms with E-state index < -0.39 is 0 Å². The molecule has 1 aliphatic rings. The Balaban J connectivity index is 2.14. The topological polar surface area (TPSA) is 27.8 Å². The van der Waals surface area contributed by atoms with Gasteiger partial charge in [0.1, 0.15) is 6.23 Å². The number of rotatable bonds is 7. The monoisotopic (exact) mass is 204 g/mol. The molecule has 0 amide bonds. The third kappa shape index (κ3) is 3.85. The van der Waals surface area contributed by atoms with Crippen LogP contribution in [0.2, 0.25) is 0 Å². The van der Waals surface area contributed by atoms with Gasteiger partial charge in [-0.1, -0.05) is 18.9 Å². The van der Waals surface area contributed by atoms with E-state index in [9.17, 15) is 0 Å². The van der Waals surface area contributed by atoms with Crippen LogP contribution in [0.3, 0.4) is 0 Å². The minimum atomic E-state index is 0.392. The zero-order valence-electron chi connectivity index (χ0n) is 8.75. The van der Waals surface area contributed by atoms with Crippen molar-refractivity contribution >= 4 is 11.9 Å². The van der Waals surface area contributed by atoms with Crippen molar-refractivity contribution in [2.24, 2.45) is 0 Å². The Hall–Kier alpha value is 0.230. The smallest absolute Gasteiger partial charge is 0.137 e. The van der Waals surface area contributed by atoms with Gasteiger partial charge in [0.15, 0.2) is 0 Å². The molecule has 1 rings (SSSR count). The summed E-state index contributed by atoms with van der Waals surface area (Å²) >= 11 is 1.68. The van der Waals surface area contributed by atoms with Crippen molar-refractivity contribution in [3.63, 3.8) is 0 Å². The molecule has 2 unspecified atom stereocenters. The van der Waals surface area contributed by atoms with Crippen molar-refractivity contribution in [1.29, 1.82) is 0 Å². The van der Waals surface area contributed by atoms with E-state index in [1.54, 1.807) is 11.9 Å². The molecular formula is C9H20N2OS. The van der Waals surface area contributed by atoms with Crippen LogP contribution in [0.5, 0.6) is 0 Å². The van der Waals surface area contributed by atoms with Crippen molar-refractivity contribution in [3.05, 3.63) is 0 Å². The highest BCUT2D eigenvalue weighted by Crippen LogP contribution is 2.24. The molecule has 13 heavy (non-hydrogen) atoms. The summed E-state index contributed by atoms with van der Waals surface area (Å²) in [5, 5.41) is 0. The number of hydrogen-bond donors (Lipinski definition) is 1. The lowest BCUT2D eigenvalue weighted by Crippen LogP contribution is -2.34. The predicted molar refractivity (Wildman–Crippen MR) is 57.7 cm³/mol. The lowest BCUT2D eigenvalue weighted by Gasteiger charge is -2.19. The van der Waals surface area contributed by atoms with Crippen LogP contribution in [0.4, 0.5) is 0 Å². The van der Waals surface area contributed by atoms with Gasteiger partial charge in [-0.15, -0.1) is 0 Å². The van der Waals surface area contributed by atoms with Crippen LogP contribution >= 0.6 is 11.9 Å². The van der Waals surface area contributed by atoms with Crippen molar-refractivity contribution in [2.75, 3.05) is 25.9 Å². The molecule has 1 N–H and O–H groups in total. The first-order valence-electron chi connectivity index (χ1n) is 4.95. The number of epoxide rings is 1. The Kier molecular flexibility index (Phi) is 5.09. The van der Waals surface area contributed by atoms with E-state index >= 15 is 0 Å². The predicted octanol–water partition coefficient (Wildman–Crippen LogP) is 1.31. The van der Waals surface area contributed by atoms with E-state index in [4.69, 9.17) is 4.74 Å². The van der Waals surface area contributed by atoms with Crippen LogP contribution < -0.4 is 4.72 Å². The second-order valence-corrected chi connectivity index (χ2v) is 4.06. The highest BCUT2D eigenvalue weighted by molar-refractivity contribution is 7.96. The Bertz CT molecular complexity index is 146. The van der Waals surface area contributed by atoms with Gasteiger partial charge in [-0.25, -0.2) is 0 Å². The first kappa shape index (κ1) is 11.3. The summed E-state index contributed by atoms with van der Waals surface area (Å²) in [6, 6.07) is 0. The Morgan fingerprint density at radius 1 is 1.46 bits per heavy atom. The van der Waals surface area contributed by atoms with Gasteiger partial charge in [0.05, 0.1) is 6.10 Å². The summed E-state index contributed by atoms with van der Waals surface area (Å²) in [6.45, 7) is 7.61. The normalized spacial score (nSPS) is 26.8. The van der Waals surface area contributed by atoms with Crippen molar-refractivity contribution in [1.82, 2.24) is 9.62 Å². The fourth-order valence-electron chi connectivity index (χ4n) is 1.50. The minimum absolute atomic E-state index is 0.392. The molecule has 1 aliphatic heterocycles. The zero-order valence-corrected chi connectivity index (χ0v) is 9.56. The summed E-state index contributed by atoms with van der Waals surface area (Å²) in [7, 11) is 0. The van der Waals surface area contributed by atoms with Crippen LogP contribution in [-0.2, 0) is 4.74 Å². The largest absolute Gasteiger partial charge is 0.353 e. The molecule has 78 valence electrons. The number of nitrogens with one attached hydrogen (secondary N) is 1. The van der Waals surface area contributed by atoms with Gasteiger partial charge in [0, 0.05) is 19.6 Å². The van der Waals surface area contributed by atoms with E-state index in [0.717, 1.165) is 19.6 Å². The molecule has 0 saturated carbocycles. The molecule has 0 radical (unpaired) electrons. The standard InChI is InChI=1S/C9H20N2OS/c1-4-6-11(7-5-10-13-3)9-8(2)12-9/h8-10H,4-7H2,1-3H3. The van der Waals surface area contributed by atoms with Gasteiger partial charge in [-0.2, -0.15) is 0 Å². The number of ether oxygens (including phenoxy) is 1. The first-order valence-corrected chi connectivity index (χ1v) is 6.17. The van der Waals surface area contributed by atoms with Crippen LogP contribution in [-0.4, -0.2) is 43.1 Å². The van der Waals surface area contributed by atoms with Crippen molar-refractivity contribution < 1.29 is 4.74 Å². The van der Waals surface area contributed by atoms with Gasteiger partial charge in [-0.3, -0.25) is 9.62 Å². The van der Waals surface area contributed by atoms with E-state index in [-0.39, 0.29) is 0 Å². The Labute approximate surface area is 85.3 Å². The lowest BCUT2D eigenvalue weighted by atomic mass is 10.3. The van der Waals surface area contributed by atoms with Crippen LogP contribution in [0.1, 0.15) is 20.3 Å². The fourth-order valence-corrected chi connectivity index (χ4v) is 1.80. The van der Waals surface area contributed by atoms with E-state index in [1.807, 2.05) is 0 Å². The Morgan fingerprint density at radius 2 is 2.15 bits per heavy atom. The molecule has 1 heterocycles. The molecule has 0 aromatic heterocycles. The third-order valence-electron chi connectivity index (χ3n) is 2.20. The molecule has 4 heteroatoms. The number of nitrogens with zero attached hydrogens (tertiary/aromatic N) is 1. The highest BCUT2D eigenvalue weighted by atomic mass is 32.2. The molecule has 2 atom stereocenters.